The van der Waals surface area contributed by atoms with E-state index in [1.54, 1.807) is 7.05 Å². The van der Waals surface area contributed by atoms with Crippen molar-refractivity contribution in [3.05, 3.63) is 18.2 Å². The summed E-state index contributed by atoms with van der Waals surface area (Å²) in [6, 6.07) is 5.81. The van der Waals surface area contributed by atoms with Crippen LogP contribution < -0.4 is 20.1 Å². The van der Waals surface area contributed by atoms with Crippen LogP contribution in [0.3, 0.4) is 0 Å². The number of fused-ring (bicyclic) bond motifs is 1. The molecule has 1 aliphatic heterocycles. The largest absolute Gasteiger partial charge is 0.490 e. The van der Waals surface area contributed by atoms with Crippen molar-refractivity contribution >= 4 is 35.6 Å². The van der Waals surface area contributed by atoms with Gasteiger partial charge in [-0.1, -0.05) is 0 Å². The minimum Gasteiger partial charge on any atom is -0.490 e. The molecule has 0 saturated heterocycles. The lowest BCUT2D eigenvalue weighted by atomic mass is 10.3. The van der Waals surface area contributed by atoms with Gasteiger partial charge in [0.2, 0.25) is 0 Å². The minimum atomic E-state index is 0. The Balaban J connectivity index is 0.00000180. The number of hydrogen-bond acceptors (Lipinski definition) is 3. The van der Waals surface area contributed by atoms with E-state index in [2.05, 4.69) is 15.6 Å². The normalized spacial score (nSPS) is 14.1. The summed E-state index contributed by atoms with van der Waals surface area (Å²) in [7, 11) is 1.74. The standard InChI is InChI=1S/C13H19N3O2.HI/c1-3-15-13(14-2)16-10-5-6-11-12(9-10)18-8-4-7-17-11;/h5-6,9H,3-4,7-8H2,1-2H3,(H2,14,15,16);1H. The number of hydrogen-bond donors (Lipinski definition) is 2. The molecule has 0 bridgehead atoms. The number of benzene rings is 1. The van der Waals surface area contributed by atoms with Gasteiger partial charge in [-0.05, 0) is 19.1 Å². The summed E-state index contributed by atoms with van der Waals surface area (Å²) in [4.78, 5) is 4.13. The Bertz CT molecular complexity index is 438. The van der Waals surface area contributed by atoms with Crippen molar-refractivity contribution in [3.63, 3.8) is 0 Å². The Morgan fingerprint density at radius 1 is 1.26 bits per heavy atom. The smallest absolute Gasteiger partial charge is 0.195 e. The predicted molar refractivity (Wildman–Crippen MR) is 88.1 cm³/mol. The fourth-order valence-corrected chi connectivity index (χ4v) is 1.72. The highest BCUT2D eigenvalue weighted by atomic mass is 127. The third kappa shape index (κ3) is 4.45. The van der Waals surface area contributed by atoms with Gasteiger partial charge in [0.1, 0.15) is 0 Å². The molecule has 0 aromatic heterocycles. The molecule has 0 saturated carbocycles. The van der Waals surface area contributed by atoms with Gasteiger partial charge in [-0.2, -0.15) is 0 Å². The van der Waals surface area contributed by atoms with Gasteiger partial charge < -0.3 is 20.1 Å². The van der Waals surface area contributed by atoms with E-state index in [9.17, 15) is 0 Å². The molecule has 106 valence electrons. The van der Waals surface area contributed by atoms with Crippen molar-refractivity contribution < 1.29 is 9.47 Å². The number of nitrogens with zero attached hydrogens (tertiary/aromatic N) is 1. The van der Waals surface area contributed by atoms with Crippen LogP contribution in [0.5, 0.6) is 11.5 Å². The molecule has 1 aromatic rings. The number of rotatable bonds is 2. The molecule has 0 unspecified atom stereocenters. The van der Waals surface area contributed by atoms with Crippen molar-refractivity contribution in [3.8, 4) is 11.5 Å². The Hall–Kier alpha value is -1.18. The molecule has 19 heavy (non-hydrogen) atoms. The highest BCUT2D eigenvalue weighted by molar-refractivity contribution is 14.0. The number of halogens is 1. The van der Waals surface area contributed by atoms with Crippen LogP contribution in [0.15, 0.2) is 23.2 Å². The van der Waals surface area contributed by atoms with Crippen LogP contribution in [0.25, 0.3) is 0 Å². The van der Waals surface area contributed by atoms with Crippen molar-refractivity contribution in [1.82, 2.24) is 5.32 Å². The van der Waals surface area contributed by atoms with Crippen molar-refractivity contribution in [1.29, 1.82) is 0 Å². The number of guanidine groups is 1. The Morgan fingerprint density at radius 2 is 2.00 bits per heavy atom. The first-order chi connectivity index (χ1) is 8.83. The molecular formula is C13H20IN3O2. The summed E-state index contributed by atoms with van der Waals surface area (Å²) in [5.74, 6) is 2.33. The van der Waals surface area contributed by atoms with Gasteiger partial charge in [0.05, 0.1) is 13.2 Å². The maximum atomic E-state index is 5.64. The summed E-state index contributed by atoms with van der Waals surface area (Å²) in [6.07, 6.45) is 0.913. The number of ether oxygens (including phenoxy) is 2. The molecule has 0 spiro atoms. The van der Waals surface area contributed by atoms with Crippen LogP contribution in [0.2, 0.25) is 0 Å². The lowest BCUT2D eigenvalue weighted by molar-refractivity contribution is 0.297. The molecule has 0 radical (unpaired) electrons. The molecule has 0 atom stereocenters. The molecule has 0 fully saturated rings. The zero-order valence-electron chi connectivity index (χ0n) is 11.2. The van der Waals surface area contributed by atoms with Crippen LogP contribution in [-0.4, -0.2) is 32.8 Å². The van der Waals surface area contributed by atoms with E-state index in [4.69, 9.17) is 9.47 Å². The lowest BCUT2D eigenvalue weighted by Gasteiger charge is -2.12. The van der Waals surface area contributed by atoms with Crippen LogP contribution in [0.1, 0.15) is 13.3 Å². The average molecular weight is 377 g/mol. The van der Waals surface area contributed by atoms with Gasteiger partial charge in [-0.15, -0.1) is 24.0 Å². The molecule has 1 aromatic carbocycles. The van der Waals surface area contributed by atoms with E-state index in [0.717, 1.165) is 36.1 Å². The average Bonchev–Trinajstić information content (AvgIpc) is 2.63. The third-order valence-corrected chi connectivity index (χ3v) is 2.58. The second-order valence-corrected chi connectivity index (χ2v) is 3.94. The second-order valence-electron chi connectivity index (χ2n) is 3.94. The Kier molecular flexibility index (Phi) is 6.75. The third-order valence-electron chi connectivity index (χ3n) is 2.58. The molecule has 1 aliphatic rings. The van der Waals surface area contributed by atoms with Crippen molar-refractivity contribution in [2.24, 2.45) is 4.99 Å². The van der Waals surface area contributed by atoms with E-state index >= 15 is 0 Å². The van der Waals surface area contributed by atoms with Gasteiger partial charge in [0, 0.05) is 31.8 Å². The molecule has 5 nitrogen and oxygen atoms in total. The van der Waals surface area contributed by atoms with Gasteiger partial charge in [0.25, 0.3) is 0 Å². The van der Waals surface area contributed by atoms with E-state index in [1.807, 2.05) is 25.1 Å². The van der Waals surface area contributed by atoms with Crippen LogP contribution in [-0.2, 0) is 0 Å². The highest BCUT2D eigenvalue weighted by Gasteiger charge is 2.10. The van der Waals surface area contributed by atoms with Crippen molar-refractivity contribution in [2.45, 2.75) is 13.3 Å². The summed E-state index contributed by atoms with van der Waals surface area (Å²) in [5.41, 5.74) is 0.931. The molecule has 6 heteroatoms. The van der Waals surface area contributed by atoms with E-state index in [-0.39, 0.29) is 24.0 Å². The fourth-order valence-electron chi connectivity index (χ4n) is 1.72. The number of aliphatic imine (C=N–C) groups is 1. The maximum Gasteiger partial charge on any atom is 0.195 e. The zero-order chi connectivity index (χ0) is 12.8. The van der Waals surface area contributed by atoms with Crippen LogP contribution >= 0.6 is 24.0 Å². The summed E-state index contributed by atoms with van der Waals surface area (Å²) >= 11 is 0. The van der Waals surface area contributed by atoms with Gasteiger partial charge in [-0.25, -0.2) is 0 Å². The summed E-state index contributed by atoms with van der Waals surface area (Å²) in [6.45, 7) is 4.25. The van der Waals surface area contributed by atoms with E-state index in [0.29, 0.717) is 13.2 Å². The zero-order valence-corrected chi connectivity index (χ0v) is 13.6. The quantitative estimate of drug-likeness (QED) is 0.473. The molecular weight excluding hydrogens is 357 g/mol. The Morgan fingerprint density at radius 3 is 2.68 bits per heavy atom. The first kappa shape index (κ1) is 15.9. The lowest BCUT2D eigenvalue weighted by Crippen LogP contribution is -2.30. The monoisotopic (exact) mass is 377 g/mol. The summed E-state index contributed by atoms with van der Waals surface area (Å²) < 4.78 is 11.2. The van der Waals surface area contributed by atoms with Crippen molar-refractivity contribution in [2.75, 3.05) is 32.1 Å². The first-order valence-electron chi connectivity index (χ1n) is 6.21. The number of nitrogens with one attached hydrogen (secondary N) is 2. The highest BCUT2D eigenvalue weighted by Crippen LogP contribution is 2.32. The SMILES string of the molecule is CCNC(=NC)Nc1ccc2c(c1)OCCCO2.I. The summed E-state index contributed by atoms with van der Waals surface area (Å²) in [5, 5.41) is 6.34. The molecule has 2 rings (SSSR count). The molecule has 0 aliphatic carbocycles. The molecule has 1 heterocycles. The van der Waals surface area contributed by atoms with Gasteiger partial charge in [-0.3, -0.25) is 4.99 Å². The maximum absolute atomic E-state index is 5.64. The number of anilines is 1. The molecule has 0 amide bonds. The minimum absolute atomic E-state index is 0. The topological polar surface area (TPSA) is 54.9 Å². The fraction of sp³-hybridized carbons (Fsp3) is 0.462. The first-order valence-corrected chi connectivity index (χ1v) is 6.21. The second kappa shape index (κ2) is 8.08. The predicted octanol–water partition coefficient (Wildman–Crippen LogP) is 2.47. The van der Waals surface area contributed by atoms with Gasteiger partial charge in [0.15, 0.2) is 17.5 Å². The van der Waals surface area contributed by atoms with Crippen LogP contribution in [0, 0.1) is 0 Å². The van der Waals surface area contributed by atoms with Gasteiger partial charge >= 0.3 is 0 Å². The Labute approximate surface area is 130 Å². The van der Waals surface area contributed by atoms with Crippen LogP contribution in [0.4, 0.5) is 5.69 Å². The van der Waals surface area contributed by atoms with E-state index < -0.39 is 0 Å². The molecule has 2 N–H and O–H groups in total. The van der Waals surface area contributed by atoms with E-state index in [1.165, 1.54) is 0 Å².